The standard InChI is InChI=1S/C14H19N3O2S2/c1-17-8-13(15-11-17)21(18,19)16-10-14(5-2-3-6-14)12-4-7-20-9-12/h4,7-9,11,16H,2-3,5-6,10H2,1H3. The maximum atomic E-state index is 12.3. The molecule has 21 heavy (non-hydrogen) atoms. The zero-order valence-corrected chi connectivity index (χ0v) is 13.6. The van der Waals surface area contributed by atoms with Gasteiger partial charge in [0.15, 0.2) is 5.03 Å². The summed E-state index contributed by atoms with van der Waals surface area (Å²) in [5.74, 6) is 0. The topological polar surface area (TPSA) is 64.0 Å². The average Bonchev–Trinajstić information content (AvgIpc) is 3.18. The molecular formula is C14H19N3O2S2. The predicted molar refractivity (Wildman–Crippen MR) is 82.9 cm³/mol. The van der Waals surface area contributed by atoms with E-state index in [9.17, 15) is 8.42 Å². The molecule has 7 heteroatoms. The molecule has 0 bridgehead atoms. The lowest BCUT2D eigenvalue weighted by molar-refractivity contribution is 0.433. The van der Waals surface area contributed by atoms with Gasteiger partial charge in [0, 0.05) is 25.2 Å². The highest BCUT2D eigenvalue weighted by Gasteiger charge is 2.37. The predicted octanol–water partition coefficient (Wildman–Crippen LogP) is 2.27. The molecule has 1 saturated carbocycles. The third kappa shape index (κ3) is 2.90. The molecule has 114 valence electrons. The summed E-state index contributed by atoms with van der Waals surface area (Å²) >= 11 is 1.67. The number of hydrogen-bond donors (Lipinski definition) is 1. The van der Waals surface area contributed by atoms with Gasteiger partial charge in [-0.3, -0.25) is 0 Å². The Labute approximate surface area is 129 Å². The first kappa shape index (κ1) is 14.7. The van der Waals surface area contributed by atoms with E-state index in [1.807, 2.05) is 0 Å². The molecule has 2 heterocycles. The van der Waals surface area contributed by atoms with Gasteiger partial charge in [-0.15, -0.1) is 0 Å². The summed E-state index contributed by atoms with van der Waals surface area (Å²) < 4.78 is 29.1. The van der Waals surface area contributed by atoms with E-state index in [1.54, 1.807) is 23.0 Å². The van der Waals surface area contributed by atoms with Crippen molar-refractivity contribution >= 4 is 21.4 Å². The summed E-state index contributed by atoms with van der Waals surface area (Å²) in [6, 6.07) is 2.12. The number of nitrogens with zero attached hydrogens (tertiary/aromatic N) is 2. The molecule has 0 aromatic carbocycles. The number of thiophene rings is 1. The second-order valence-corrected chi connectivity index (χ2v) is 8.20. The Morgan fingerprint density at radius 3 is 2.76 bits per heavy atom. The van der Waals surface area contributed by atoms with Gasteiger partial charge in [0.05, 0.1) is 6.33 Å². The van der Waals surface area contributed by atoms with Crippen molar-refractivity contribution < 1.29 is 8.42 Å². The normalized spacial score (nSPS) is 18.1. The maximum absolute atomic E-state index is 12.3. The highest BCUT2D eigenvalue weighted by atomic mass is 32.2. The van der Waals surface area contributed by atoms with E-state index >= 15 is 0 Å². The van der Waals surface area contributed by atoms with Crippen LogP contribution in [0.15, 0.2) is 34.4 Å². The van der Waals surface area contributed by atoms with Crippen LogP contribution < -0.4 is 4.72 Å². The average molecular weight is 325 g/mol. The highest BCUT2D eigenvalue weighted by molar-refractivity contribution is 7.89. The van der Waals surface area contributed by atoms with E-state index in [0.29, 0.717) is 6.54 Å². The summed E-state index contributed by atoms with van der Waals surface area (Å²) in [5, 5.41) is 4.28. The van der Waals surface area contributed by atoms with Crippen molar-refractivity contribution in [3.05, 3.63) is 34.9 Å². The molecule has 1 aliphatic carbocycles. The Balaban J connectivity index is 1.79. The summed E-state index contributed by atoms with van der Waals surface area (Å²) in [5.41, 5.74) is 1.20. The van der Waals surface area contributed by atoms with E-state index in [1.165, 1.54) is 18.1 Å². The lowest BCUT2D eigenvalue weighted by Gasteiger charge is -2.28. The summed E-state index contributed by atoms with van der Waals surface area (Å²) in [6.45, 7) is 0.447. The molecule has 1 aliphatic rings. The lowest BCUT2D eigenvalue weighted by Crippen LogP contribution is -2.38. The molecule has 0 spiro atoms. The van der Waals surface area contributed by atoms with Crippen LogP contribution in [0.3, 0.4) is 0 Å². The van der Waals surface area contributed by atoms with Crippen molar-refractivity contribution in [3.63, 3.8) is 0 Å². The molecule has 1 N–H and O–H groups in total. The first-order valence-corrected chi connectivity index (χ1v) is 9.45. The van der Waals surface area contributed by atoms with Gasteiger partial charge >= 0.3 is 0 Å². The van der Waals surface area contributed by atoms with Crippen LogP contribution in [-0.4, -0.2) is 24.5 Å². The fourth-order valence-electron chi connectivity index (χ4n) is 3.02. The van der Waals surface area contributed by atoms with Crippen LogP contribution >= 0.6 is 11.3 Å². The zero-order chi connectivity index (χ0) is 14.9. The Morgan fingerprint density at radius 2 is 2.19 bits per heavy atom. The van der Waals surface area contributed by atoms with Crippen molar-refractivity contribution in [2.75, 3.05) is 6.54 Å². The third-order valence-electron chi connectivity index (χ3n) is 4.25. The Hall–Kier alpha value is -1.18. The van der Waals surface area contributed by atoms with Crippen LogP contribution in [0.1, 0.15) is 31.2 Å². The number of rotatable bonds is 5. The molecule has 0 unspecified atom stereocenters. The van der Waals surface area contributed by atoms with Crippen molar-refractivity contribution in [1.82, 2.24) is 14.3 Å². The van der Waals surface area contributed by atoms with Crippen LogP contribution in [0.25, 0.3) is 0 Å². The van der Waals surface area contributed by atoms with Crippen LogP contribution in [0.4, 0.5) is 0 Å². The van der Waals surface area contributed by atoms with Crippen molar-refractivity contribution in [1.29, 1.82) is 0 Å². The molecule has 3 rings (SSSR count). The van der Waals surface area contributed by atoms with Crippen molar-refractivity contribution in [2.45, 2.75) is 36.1 Å². The van der Waals surface area contributed by atoms with Crippen LogP contribution in [0.5, 0.6) is 0 Å². The van der Waals surface area contributed by atoms with Gasteiger partial charge in [0.2, 0.25) is 0 Å². The molecule has 0 radical (unpaired) electrons. The number of aryl methyl sites for hydroxylation is 1. The first-order valence-electron chi connectivity index (χ1n) is 7.02. The monoisotopic (exact) mass is 325 g/mol. The first-order chi connectivity index (χ1) is 10.0. The largest absolute Gasteiger partial charge is 0.339 e. The van der Waals surface area contributed by atoms with Gasteiger partial charge in [-0.1, -0.05) is 12.8 Å². The minimum atomic E-state index is -3.53. The Kier molecular flexibility index (Phi) is 3.90. The highest BCUT2D eigenvalue weighted by Crippen LogP contribution is 2.41. The SMILES string of the molecule is Cn1cnc(S(=O)(=O)NCC2(c3ccsc3)CCCC2)c1. The second-order valence-electron chi connectivity index (χ2n) is 5.70. The third-order valence-corrected chi connectivity index (χ3v) is 6.22. The summed E-state index contributed by atoms with van der Waals surface area (Å²) in [4.78, 5) is 3.93. The molecule has 1 fully saturated rings. The molecule has 2 aromatic heterocycles. The van der Waals surface area contributed by atoms with E-state index in [4.69, 9.17) is 0 Å². The van der Waals surface area contributed by atoms with E-state index < -0.39 is 10.0 Å². The number of sulfonamides is 1. The molecule has 0 atom stereocenters. The fourth-order valence-corrected chi connectivity index (χ4v) is 4.90. The second kappa shape index (κ2) is 5.55. The van der Waals surface area contributed by atoms with Crippen molar-refractivity contribution in [2.24, 2.45) is 7.05 Å². The van der Waals surface area contributed by atoms with E-state index in [0.717, 1.165) is 25.7 Å². The van der Waals surface area contributed by atoms with E-state index in [2.05, 4.69) is 26.5 Å². The van der Waals surface area contributed by atoms with Gasteiger partial charge < -0.3 is 4.57 Å². The smallest absolute Gasteiger partial charge is 0.259 e. The van der Waals surface area contributed by atoms with Gasteiger partial charge in [0.25, 0.3) is 10.0 Å². The van der Waals surface area contributed by atoms with Crippen LogP contribution in [0, 0.1) is 0 Å². The van der Waals surface area contributed by atoms with Gasteiger partial charge in [-0.25, -0.2) is 18.1 Å². The molecular weight excluding hydrogens is 306 g/mol. The minimum Gasteiger partial charge on any atom is -0.339 e. The molecule has 0 aliphatic heterocycles. The number of aromatic nitrogens is 2. The number of nitrogens with one attached hydrogen (secondary N) is 1. The maximum Gasteiger partial charge on any atom is 0.259 e. The molecule has 0 saturated heterocycles. The van der Waals surface area contributed by atoms with E-state index in [-0.39, 0.29) is 10.4 Å². The minimum absolute atomic E-state index is 0.0537. The molecule has 0 amide bonds. The van der Waals surface area contributed by atoms with Gasteiger partial charge in [0.1, 0.15) is 0 Å². The summed E-state index contributed by atoms with van der Waals surface area (Å²) in [6.07, 6.45) is 7.40. The number of hydrogen-bond acceptors (Lipinski definition) is 4. The van der Waals surface area contributed by atoms with Crippen molar-refractivity contribution in [3.8, 4) is 0 Å². The van der Waals surface area contributed by atoms with Gasteiger partial charge in [-0.05, 0) is 35.2 Å². The molecule has 5 nitrogen and oxygen atoms in total. The Morgan fingerprint density at radius 1 is 1.43 bits per heavy atom. The quantitative estimate of drug-likeness (QED) is 0.917. The summed E-state index contributed by atoms with van der Waals surface area (Å²) in [7, 11) is -1.77. The Bertz CT molecular complexity index is 698. The number of imidazole rings is 1. The van der Waals surface area contributed by atoms with Gasteiger partial charge in [-0.2, -0.15) is 11.3 Å². The fraction of sp³-hybridized carbons (Fsp3) is 0.500. The van der Waals surface area contributed by atoms with Crippen LogP contribution in [0.2, 0.25) is 0 Å². The van der Waals surface area contributed by atoms with Crippen LogP contribution in [-0.2, 0) is 22.5 Å². The lowest BCUT2D eigenvalue weighted by atomic mass is 9.81. The zero-order valence-electron chi connectivity index (χ0n) is 11.9. The molecule has 2 aromatic rings.